The molecule has 1 amide bonds. The van der Waals surface area contributed by atoms with Crippen LogP contribution in [0.4, 0.5) is 0 Å². The molecule has 1 rings (SSSR count). The minimum atomic E-state index is -0.0321. The number of carbonyl (C=O) groups excluding carboxylic acids is 1. The van der Waals surface area contributed by atoms with Gasteiger partial charge in [-0.3, -0.25) is 9.69 Å². The molecule has 0 radical (unpaired) electrons. The Hall–Kier alpha value is -0.610. The Bertz CT molecular complexity index is 249. The molecule has 1 heterocycles. The first-order valence-electron chi connectivity index (χ1n) is 7.27. The van der Waals surface area contributed by atoms with Crippen LogP contribution in [-0.4, -0.2) is 42.5 Å². The summed E-state index contributed by atoms with van der Waals surface area (Å²) in [4.78, 5) is 14.2. The van der Waals surface area contributed by atoms with Crippen molar-refractivity contribution in [2.45, 2.75) is 58.5 Å². The Balaban J connectivity index is 2.20. The number of nitrogens with two attached hydrogens (primary N) is 1. The van der Waals surface area contributed by atoms with Crippen LogP contribution in [0, 0.1) is 5.92 Å². The Morgan fingerprint density at radius 1 is 1.22 bits per heavy atom. The third-order valence-corrected chi connectivity index (χ3v) is 3.89. The fourth-order valence-corrected chi connectivity index (χ4v) is 2.27. The molecule has 1 aliphatic rings. The molecular weight excluding hydrogens is 226 g/mol. The lowest BCUT2D eigenvalue weighted by molar-refractivity contribution is -0.121. The molecule has 3 N–H and O–H groups in total. The van der Waals surface area contributed by atoms with Crippen LogP contribution in [0.5, 0.6) is 0 Å². The fraction of sp³-hybridized carbons (Fsp3) is 0.929. The van der Waals surface area contributed by atoms with Crippen molar-refractivity contribution in [2.24, 2.45) is 11.7 Å². The first-order valence-corrected chi connectivity index (χ1v) is 7.27. The Morgan fingerprint density at radius 3 is 2.39 bits per heavy atom. The van der Waals surface area contributed by atoms with Crippen LogP contribution in [0.25, 0.3) is 0 Å². The van der Waals surface area contributed by atoms with E-state index >= 15 is 0 Å². The van der Waals surface area contributed by atoms with E-state index in [1.54, 1.807) is 0 Å². The molecule has 1 saturated heterocycles. The van der Waals surface area contributed by atoms with Crippen LogP contribution in [0.15, 0.2) is 0 Å². The topological polar surface area (TPSA) is 58.4 Å². The Labute approximate surface area is 111 Å². The number of rotatable bonds is 6. The molecule has 0 bridgehead atoms. The molecule has 0 aromatic carbocycles. The molecule has 0 aliphatic carbocycles. The van der Waals surface area contributed by atoms with Gasteiger partial charge in [-0.25, -0.2) is 0 Å². The number of hydrogen-bond donors (Lipinski definition) is 2. The van der Waals surface area contributed by atoms with E-state index < -0.39 is 0 Å². The van der Waals surface area contributed by atoms with E-state index in [0.717, 1.165) is 6.54 Å². The quantitative estimate of drug-likeness (QED) is 0.753. The standard InChI is InChI=1S/C14H29N3O/c1-11(2)13(15)9-14(18)16-10-12(3)17-7-5-4-6-8-17/h11-13H,4-10,15H2,1-3H3,(H,16,18). The monoisotopic (exact) mass is 255 g/mol. The lowest BCUT2D eigenvalue weighted by Gasteiger charge is -2.32. The smallest absolute Gasteiger partial charge is 0.221 e. The fourth-order valence-electron chi connectivity index (χ4n) is 2.27. The van der Waals surface area contributed by atoms with Gasteiger partial charge in [0.1, 0.15) is 0 Å². The van der Waals surface area contributed by atoms with Crippen molar-refractivity contribution in [3.05, 3.63) is 0 Å². The highest BCUT2D eigenvalue weighted by Gasteiger charge is 2.18. The van der Waals surface area contributed by atoms with Gasteiger partial charge in [-0.05, 0) is 38.8 Å². The van der Waals surface area contributed by atoms with Crippen LogP contribution in [0.2, 0.25) is 0 Å². The van der Waals surface area contributed by atoms with Crippen molar-refractivity contribution in [3.63, 3.8) is 0 Å². The van der Waals surface area contributed by atoms with Crippen LogP contribution < -0.4 is 11.1 Å². The molecule has 0 aromatic rings. The summed E-state index contributed by atoms with van der Waals surface area (Å²) in [6, 6.07) is 0.403. The maximum absolute atomic E-state index is 11.7. The van der Waals surface area contributed by atoms with Gasteiger partial charge in [0.2, 0.25) is 5.91 Å². The SMILES string of the molecule is CC(C)C(N)CC(=O)NCC(C)N1CCCCC1. The van der Waals surface area contributed by atoms with Gasteiger partial charge < -0.3 is 11.1 Å². The lowest BCUT2D eigenvalue weighted by atomic mass is 10.0. The summed E-state index contributed by atoms with van der Waals surface area (Å²) in [5.41, 5.74) is 5.90. The van der Waals surface area contributed by atoms with Crippen molar-refractivity contribution in [2.75, 3.05) is 19.6 Å². The predicted molar refractivity (Wildman–Crippen MR) is 75.3 cm³/mol. The van der Waals surface area contributed by atoms with Crippen molar-refractivity contribution in [1.29, 1.82) is 0 Å². The van der Waals surface area contributed by atoms with Gasteiger partial charge in [-0.1, -0.05) is 20.3 Å². The molecule has 0 saturated carbocycles. The van der Waals surface area contributed by atoms with Crippen LogP contribution >= 0.6 is 0 Å². The highest BCUT2D eigenvalue weighted by atomic mass is 16.1. The van der Waals surface area contributed by atoms with E-state index in [1.807, 2.05) is 13.8 Å². The maximum Gasteiger partial charge on any atom is 0.221 e. The first-order chi connectivity index (χ1) is 8.50. The summed E-state index contributed by atoms with van der Waals surface area (Å²) < 4.78 is 0. The molecule has 1 aliphatic heterocycles. The molecule has 4 heteroatoms. The minimum absolute atomic E-state index is 0.0321. The van der Waals surface area contributed by atoms with Crippen molar-refractivity contribution in [1.82, 2.24) is 10.2 Å². The van der Waals surface area contributed by atoms with E-state index in [-0.39, 0.29) is 11.9 Å². The first kappa shape index (κ1) is 15.4. The number of nitrogens with one attached hydrogen (secondary N) is 1. The second-order valence-corrected chi connectivity index (χ2v) is 5.86. The number of likely N-dealkylation sites (tertiary alicyclic amines) is 1. The average Bonchev–Trinajstić information content (AvgIpc) is 2.36. The van der Waals surface area contributed by atoms with Gasteiger partial charge in [-0.2, -0.15) is 0 Å². The zero-order chi connectivity index (χ0) is 13.5. The van der Waals surface area contributed by atoms with Gasteiger partial charge >= 0.3 is 0 Å². The number of carbonyl (C=O) groups is 1. The number of piperidine rings is 1. The van der Waals surface area contributed by atoms with Gasteiger partial charge in [0, 0.05) is 25.0 Å². The summed E-state index contributed by atoms with van der Waals surface area (Å²) in [6.45, 7) is 9.37. The average molecular weight is 255 g/mol. The van der Waals surface area contributed by atoms with Gasteiger partial charge in [0.15, 0.2) is 0 Å². The molecule has 4 nitrogen and oxygen atoms in total. The highest BCUT2D eigenvalue weighted by molar-refractivity contribution is 5.76. The molecule has 2 atom stereocenters. The highest BCUT2D eigenvalue weighted by Crippen LogP contribution is 2.11. The summed E-state index contributed by atoms with van der Waals surface area (Å²) in [7, 11) is 0. The van der Waals surface area contributed by atoms with E-state index in [2.05, 4.69) is 17.1 Å². The van der Waals surface area contributed by atoms with Crippen LogP contribution in [0.1, 0.15) is 46.5 Å². The molecule has 18 heavy (non-hydrogen) atoms. The second kappa shape index (κ2) is 7.74. The van der Waals surface area contributed by atoms with Gasteiger partial charge in [0.05, 0.1) is 0 Å². The maximum atomic E-state index is 11.7. The molecule has 0 spiro atoms. The Kier molecular flexibility index (Phi) is 6.65. The van der Waals surface area contributed by atoms with Crippen LogP contribution in [0.3, 0.4) is 0 Å². The van der Waals surface area contributed by atoms with Crippen LogP contribution in [-0.2, 0) is 4.79 Å². The van der Waals surface area contributed by atoms with E-state index in [1.165, 1.54) is 32.4 Å². The molecule has 106 valence electrons. The second-order valence-electron chi connectivity index (χ2n) is 5.86. The summed E-state index contributed by atoms with van der Waals surface area (Å²) >= 11 is 0. The van der Waals surface area contributed by atoms with E-state index in [0.29, 0.717) is 18.4 Å². The van der Waals surface area contributed by atoms with E-state index in [4.69, 9.17) is 5.73 Å². The number of nitrogens with zero attached hydrogens (tertiary/aromatic N) is 1. The van der Waals surface area contributed by atoms with Gasteiger partial charge in [-0.15, -0.1) is 0 Å². The molecule has 0 aromatic heterocycles. The Morgan fingerprint density at radius 2 is 1.83 bits per heavy atom. The summed E-state index contributed by atoms with van der Waals surface area (Å²) in [5.74, 6) is 0.440. The summed E-state index contributed by atoms with van der Waals surface area (Å²) in [6.07, 6.45) is 4.36. The lowest BCUT2D eigenvalue weighted by Crippen LogP contribution is -2.45. The number of hydrogen-bond acceptors (Lipinski definition) is 3. The zero-order valence-corrected chi connectivity index (χ0v) is 12.1. The third kappa shape index (κ3) is 5.36. The third-order valence-electron chi connectivity index (χ3n) is 3.89. The molecule has 1 fully saturated rings. The largest absolute Gasteiger partial charge is 0.354 e. The summed E-state index contributed by atoms with van der Waals surface area (Å²) in [5, 5.41) is 3.00. The molecular formula is C14H29N3O. The normalized spacial score (nSPS) is 20.7. The minimum Gasteiger partial charge on any atom is -0.354 e. The predicted octanol–water partition coefficient (Wildman–Crippen LogP) is 1.35. The van der Waals surface area contributed by atoms with Crippen molar-refractivity contribution >= 4 is 5.91 Å². The van der Waals surface area contributed by atoms with E-state index in [9.17, 15) is 4.79 Å². The van der Waals surface area contributed by atoms with Gasteiger partial charge in [0.25, 0.3) is 0 Å². The molecule has 2 unspecified atom stereocenters. The van der Waals surface area contributed by atoms with Crippen molar-refractivity contribution < 1.29 is 4.79 Å². The van der Waals surface area contributed by atoms with Crippen molar-refractivity contribution in [3.8, 4) is 0 Å². The number of amides is 1. The zero-order valence-electron chi connectivity index (χ0n) is 12.1.